The van der Waals surface area contributed by atoms with Gasteiger partial charge in [-0.3, -0.25) is 9.36 Å². The highest BCUT2D eigenvalue weighted by Crippen LogP contribution is 2.33. The molecule has 0 spiro atoms. The number of carbonyl (C=O) groups excluding carboxylic acids is 1. The van der Waals surface area contributed by atoms with Crippen molar-refractivity contribution in [3.63, 3.8) is 0 Å². The molecule has 2 aromatic carbocycles. The van der Waals surface area contributed by atoms with Crippen LogP contribution in [0.3, 0.4) is 0 Å². The number of carbonyl (C=O) groups is 1. The molecule has 0 saturated carbocycles. The minimum Gasteiger partial charge on any atom is -0.411 e. The van der Waals surface area contributed by atoms with Crippen LogP contribution < -0.4 is 0 Å². The molecular formula is C22H18FN3O2S. The van der Waals surface area contributed by atoms with Gasteiger partial charge in [0.25, 0.3) is 5.22 Å². The fourth-order valence-corrected chi connectivity index (χ4v) is 4.56. The molecule has 0 N–H and O–H groups in total. The van der Waals surface area contributed by atoms with Crippen LogP contribution in [-0.2, 0) is 12.8 Å². The van der Waals surface area contributed by atoms with E-state index < -0.39 is 0 Å². The Balaban J connectivity index is 1.37. The first-order valence-corrected chi connectivity index (χ1v) is 10.6. The summed E-state index contributed by atoms with van der Waals surface area (Å²) in [7, 11) is 0. The Hall–Kier alpha value is -2.93. The van der Waals surface area contributed by atoms with Crippen LogP contribution in [-0.4, -0.2) is 26.4 Å². The number of hydrogen-bond acceptors (Lipinski definition) is 5. The predicted molar refractivity (Wildman–Crippen MR) is 110 cm³/mol. The van der Waals surface area contributed by atoms with E-state index in [0.717, 1.165) is 36.9 Å². The lowest BCUT2D eigenvalue weighted by Gasteiger charge is -2.14. The molecule has 0 saturated heterocycles. The highest BCUT2D eigenvalue weighted by Gasteiger charge is 2.23. The fraction of sp³-hybridized carbons (Fsp3) is 0.227. The topological polar surface area (TPSA) is 60.9 Å². The maximum atomic E-state index is 13.1. The van der Waals surface area contributed by atoms with E-state index in [0.29, 0.717) is 16.7 Å². The van der Waals surface area contributed by atoms with Crippen LogP contribution in [0.1, 0.15) is 28.9 Å². The number of aryl methyl sites for hydroxylation is 1. The van der Waals surface area contributed by atoms with Gasteiger partial charge < -0.3 is 4.42 Å². The molecule has 146 valence electrons. The van der Waals surface area contributed by atoms with E-state index in [1.165, 1.54) is 34.8 Å². The summed E-state index contributed by atoms with van der Waals surface area (Å²) in [6.07, 6.45) is 4.22. The average molecular weight is 407 g/mol. The van der Waals surface area contributed by atoms with Gasteiger partial charge in [-0.05, 0) is 61.6 Å². The third-order valence-corrected chi connectivity index (χ3v) is 6.05. The van der Waals surface area contributed by atoms with Crippen LogP contribution in [0.5, 0.6) is 0 Å². The number of hydrogen-bond donors (Lipinski definition) is 0. The van der Waals surface area contributed by atoms with Crippen molar-refractivity contribution in [2.45, 2.75) is 30.9 Å². The first kappa shape index (κ1) is 18.1. The van der Waals surface area contributed by atoms with Gasteiger partial charge in [0, 0.05) is 16.6 Å². The molecule has 5 nitrogen and oxygen atoms in total. The van der Waals surface area contributed by atoms with Gasteiger partial charge in [-0.1, -0.05) is 30.0 Å². The molecule has 0 unspecified atom stereocenters. The van der Waals surface area contributed by atoms with Crippen LogP contribution in [0.15, 0.2) is 58.2 Å². The smallest absolute Gasteiger partial charge is 0.277 e. The Morgan fingerprint density at radius 1 is 1.07 bits per heavy atom. The molecule has 1 aliphatic rings. The zero-order valence-electron chi connectivity index (χ0n) is 15.6. The number of benzene rings is 2. The lowest BCUT2D eigenvalue weighted by Crippen LogP contribution is -2.18. The lowest BCUT2D eigenvalue weighted by molar-refractivity contribution is 0.0943. The van der Waals surface area contributed by atoms with Gasteiger partial charge in [-0.15, -0.1) is 10.2 Å². The Morgan fingerprint density at radius 2 is 1.86 bits per heavy atom. The van der Waals surface area contributed by atoms with Crippen molar-refractivity contribution in [3.05, 3.63) is 65.6 Å². The number of nitrogens with zero attached hydrogens (tertiary/aromatic N) is 3. The van der Waals surface area contributed by atoms with Gasteiger partial charge in [0.05, 0.1) is 11.3 Å². The largest absolute Gasteiger partial charge is 0.411 e. The van der Waals surface area contributed by atoms with E-state index in [1.807, 2.05) is 22.8 Å². The molecule has 2 aromatic heterocycles. The fourth-order valence-electron chi connectivity index (χ4n) is 3.95. The zero-order valence-corrected chi connectivity index (χ0v) is 16.4. The number of rotatable bonds is 4. The van der Waals surface area contributed by atoms with Crippen molar-refractivity contribution in [2.75, 3.05) is 5.75 Å². The monoisotopic (exact) mass is 407 g/mol. The summed E-state index contributed by atoms with van der Waals surface area (Å²) in [5.41, 5.74) is 4.06. The number of aromatic nitrogens is 3. The van der Waals surface area contributed by atoms with Crippen LogP contribution in [0.25, 0.3) is 22.4 Å². The Bertz CT molecular complexity index is 1200. The molecule has 1 aliphatic carbocycles. The molecule has 0 fully saturated rings. The van der Waals surface area contributed by atoms with Crippen molar-refractivity contribution in [3.8, 4) is 11.5 Å². The van der Waals surface area contributed by atoms with Crippen molar-refractivity contribution < 1.29 is 13.6 Å². The molecule has 0 aliphatic heterocycles. The Labute approximate surface area is 170 Å². The van der Waals surface area contributed by atoms with Gasteiger partial charge in [-0.2, -0.15) is 0 Å². The summed E-state index contributed by atoms with van der Waals surface area (Å²) in [5.74, 6) is 0.200. The SMILES string of the molecule is O=C(CSc1nnc(-c2ccc(F)cc2)o1)n1c2c(c3ccccc31)CCCC2. The lowest BCUT2D eigenvalue weighted by atomic mass is 9.96. The number of para-hydroxylation sites is 1. The van der Waals surface area contributed by atoms with Crippen molar-refractivity contribution in [2.24, 2.45) is 0 Å². The normalized spacial score (nSPS) is 13.6. The highest BCUT2D eigenvalue weighted by molar-refractivity contribution is 7.99. The van der Waals surface area contributed by atoms with Crippen molar-refractivity contribution in [1.29, 1.82) is 0 Å². The van der Waals surface area contributed by atoms with E-state index in [4.69, 9.17) is 4.42 Å². The predicted octanol–water partition coefficient (Wildman–Crippen LogP) is 5.14. The van der Waals surface area contributed by atoms with Gasteiger partial charge in [0.2, 0.25) is 11.8 Å². The van der Waals surface area contributed by atoms with Crippen LogP contribution in [0, 0.1) is 5.82 Å². The van der Waals surface area contributed by atoms with E-state index in [9.17, 15) is 9.18 Å². The molecule has 0 amide bonds. The molecule has 29 heavy (non-hydrogen) atoms. The summed E-state index contributed by atoms with van der Waals surface area (Å²) in [6, 6.07) is 14.0. The standard InChI is InChI=1S/C22H18FN3O2S/c23-15-11-9-14(10-12-15)21-24-25-22(28-21)29-13-20(27)26-18-7-3-1-5-16(18)17-6-2-4-8-19(17)26/h1,3,5,7,9-12H,2,4,6,8,13H2. The van der Waals surface area contributed by atoms with Crippen LogP contribution in [0.4, 0.5) is 4.39 Å². The quantitative estimate of drug-likeness (QED) is 0.438. The molecule has 0 bridgehead atoms. The molecule has 4 aromatic rings. The molecule has 0 radical (unpaired) electrons. The summed E-state index contributed by atoms with van der Waals surface area (Å²) in [4.78, 5) is 13.1. The zero-order chi connectivity index (χ0) is 19.8. The first-order valence-electron chi connectivity index (χ1n) is 9.57. The first-order chi connectivity index (χ1) is 14.2. The molecular weight excluding hydrogens is 389 g/mol. The second kappa shape index (κ2) is 7.48. The van der Waals surface area contributed by atoms with Gasteiger partial charge >= 0.3 is 0 Å². The maximum absolute atomic E-state index is 13.1. The minimum atomic E-state index is -0.323. The molecule has 2 heterocycles. The van der Waals surface area contributed by atoms with E-state index in [1.54, 1.807) is 12.1 Å². The summed E-state index contributed by atoms with van der Waals surface area (Å²) >= 11 is 1.22. The van der Waals surface area contributed by atoms with Gasteiger partial charge in [-0.25, -0.2) is 4.39 Å². The van der Waals surface area contributed by atoms with Crippen LogP contribution in [0.2, 0.25) is 0 Å². The number of fused-ring (bicyclic) bond motifs is 3. The Kier molecular flexibility index (Phi) is 4.67. The van der Waals surface area contributed by atoms with E-state index in [2.05, 4.69) is 16.3 Å². The van der Waals surface area contributed by atoms with Crippen molar-refractivity contribution in [1.82, 2.24) is 14.8 Å². The molecule has 7 heteroatoms. The minimum absolute atomic E-state index is 0.0101. The van der Waals surface area contributed by atoms with E-state index >= 15 is 0 Å². The summed E-state index contributed by atoms with van der Waals surface area (Å²) in [5, 5.41) is 9.51. The van der Waals surface area contributed by atoms with Gasteiger partial charge in [0.1, 0.15) is 5.82 Å². The summed E-state index contributed by atoms with van der Waals surface area (Å²) in [6.45, 7) is 0. The molecule has 0 atom stereocenters. The van der Waals surface area contributed by atoms with E-state index in [-0.39, 0.29) is 17.5 Å². The maximum Gasteiger partial charge on any atom is 0.277 e. The average Bonchev–Trinajstić information content (AvgIpc) is 3.35. The third-order valence-electron chi connectivity index (χ3n) is 5.24. The number of thioether (sulfide) groups is 1. The Morgan fingerprint density at radius 3 is 2.72 bits per heavy atom. The number of halogens is 1. The van der Waals surface area contributed by atoms with Crippen molar-refractivity contribution >= 4 is 28.6 Å². The second-order valence-electron chi connectivity index (χ2n) is 7.05. The summed E-state index contributed by atoms with van der Waals surface area (Å²) < 4.78 is 20.6. The second-order valence-corrected chi connectivity index (χ2v) is 7.97. The van der Waals surface area contributed by atoms with Gasteiger partial charge in [0.15, 0.2) is 0 Å². The van der Waals surface area contributed by atoms with Crippen LogP contribution >= 0.6 is 11.8 Å². The third kappa shape index (κ3) is 3.35. The molecule has 5 rings (SSSR count). The highest BCUT2D eigenvalue weighted by atomic mass is 32.2.